The van der Waals surface area contributed by atoms with E-state index in [1.165, 1.54) is 0 Å². The Morgan fingerprint density at radius 3 is 2.56 bits per heavy atom. The van der Waals surface area contributed by atoms with Gasteiger partial charge >= 0.3 is 0 Å². The van der Waals surface area contributed by atoms with Crippen molar-refractivity contribution in [1.82, 2.24) is 15.3 Å². The van der Waals surface area contributed by atoms with Gasteiger partial charge in [0.15, 0.2) is 0 Å². The molecular formula is C12H15N3O. The second-order valence-electron chi connectivity index (χ2n) is 3.44. The van der Waals surface area contributed by atoms with Gasteiger partial charge in [0.25, 0.3) is 0 Å². The van der Waals surface area contributed by atoms with E-state index in [0.29, 0.717) is 0 Å². The molecular weight excluding hydrogens is 202 g/mol. The molecule has 0 radical (unpaired) electrons. The predicted octanol–water partition coefficient (Wildman–Crippen LogP) is 1.24. The molecule has 1 aliphatic rings. The molecule has 2 aromatic rings. The fraction of sp³-hybridized carbons (Fsp3) is 0.333. The first-order valence-electron chi connectivity index (χ1n) is 5.40. The van der Waals surface area contributed by atoms with Crippen LogP contribution in [0.25, 0.3) is 10.9 Å². The van der Waals surface area contributed by atoms with Gasteiger partial charge in [0.2, 0.25) is 0 Å². The van der Waals surface area contributed by atoms with E-state index in [1.54, 1.807) is 6.33 Å². The molecule has 0 amide bonds. The number of ether oxygens (including phenoxy) is 1. The standard InChI is InChI=1S/C8H6N2.C4H9NO/c1-2-4-8-7(3-1)5-9-6-10-8;1-3-6-4-2-5-1/h1-6H;5H,1-4H2. The predicted molar refractivity (Wildman–Crippen MR) is 63.2 cm³/mol. The van der Waals surface area contributed by atoms with Gasteiger partial charge in [0.05, 0.1) is 18.7 Å². The van der Waals surface area contributed by atoms with E-state index in [9.17, 15) is 0 Å². The maximum atomic E-state index is 5.01. The van der Waals surface area contributed by atoms with Gasteiger partial charge in [-0.3, -0.25) is 0 Å². The molecule has 3 rings (SSSR count). The Bertz CT molecular complexity index is 352. The minimum atomic E-state index is 0.889. The lowest BCUT2D eigenvalue weighted by atomic mass is 10.2. The van der Waals surface area contributed by atoms with Gasteiger partial charge in [-0.2, -0.15) is 0 Å². The van der Waals surface area contributed by atoms with Gasteiger partial charge < -0.3 is 10.1 Å². The van der Waals surface area contributed by atoms with Crippen LogP contribution in [0.1, 0.15) is 0 Å². The van der Waals surface area contributed by atoms with Crippen molar-refractivity contribution in [3.63, 3.8) is 0 Å². The molecule has 0 unspecified atom stereocenters. The maximum Gasteiger partial charge on any atom is 0.116 e. The van der Waals surface area contributed by atoms with Crippen molar-refractivity contribution in [1.29, 1.82) is 0 Å². The van der Waals surface area contributed by atoms with Crippen LogP contribution in [0.2, 0.25) is 0 Å². The smallest absolute Gasteiger partial charge is 0.116 e. The molecule has 0 aliphatic carbocycles. The summed E-state index contributed by atoms with van der Waals surface area (Å²) in [5.74, 6) is 0. The highest BCUT2D eigenvalue weighted by Crippen LogP contribution is 2.06. The van der Waals surface area contributed by atoms with E-state index < -0.39 is 0 Å². The molecule has 0 atom stereocenters. The first kappa shape index (κ1) is 11.0. The zero-order chi connectivity index (χ0) is 11.1. The number of aromatic nitrogens is 2. The van der Waals surface area contributed by atoms with E-state index in [1.807, 2.05) is 30.5 Å². The molecule has 0 saturated carbocycles. The number of rotatable bonds is 0. The Balaban J connectivity index is 0.000000138. The normalized spacial score (nSPS) is 15.2. The maximum absolute atomic E-state index is 5.01. The molecule has 1 aliphatic heterocycles. The van der Waals surface area contributed by atoms with Crippen molar-refractivity contribution in [2.45, 2.75) is 0 Å². The Hall–Kier alpha value is -1.52. The van der Waals surface area contributed by atoms with E-state index >= 15 is 0 Å². The van der Waals surface area contributed by atoms with E-state index in [-0.39, 0.29) is 0 Å². The quantitative estimate of drug-likeness (QED) is 0.721. The van der Waals surface area contributed by atoms with Crippen molar-refractivity contribution in [3.8, 4) is 0 Å². The number of para-hydroxylation sites is 1. The minimum absolute atomic E-state index is 0.889. The first-order chi connectivity index (χ1) is 7.97. The summed E-state index contributed by atoms with van der Waals surface area (Å²) in [6, 6.07) is 7.91. The van der Waals surface area contributed by atoms with Crippen LogP contribution in [-0.4, -0.2) is 36.3 Å². The molecule has 16 heavy (non-hydrogen) atoms. The van der Waals surface area contributed by atoms with Crippen molar-refractivity contribution in [2.75, 3.05) is 26.3 Å². The second-order valence-corrected chi connectivity index (χ2v) is 3.44. The zero-order valence-corrected chi connectivity index (χ0v) is 9.10. The van der Waals surface area contributed by atoms with Crippen LogP contribution in [0.3, 0.4) is 0 Å². The summed E-state index contributed by atoms with van der Waals surface area (Å²) in [4.78, 5) is 7.97. The zero-order valence-electron chi connectivity index (χ0n) is 9.10. The summed E-state index contributed by atoms with van der Waals surface area (Å²) >= 11 is 0. The second kappa shape index (κ2) is 6.15. The number of morpholine rings is 1. The highest BCUT2D eigenvalue weighted by molar-refractivity contribution is 5.76. The first-order valence-corrected chi connectivity index (χ1v) is 5.40. The fourth-order valence-electron chi connectivity index (χ4n) is 1.44. The van der Waals surface area contributed by atoms with Crippen LogP contribution in [0.15, 0.2) is 36.8 Å². The highest BCUT2D eigenvalue weighted by atomic mass is 16.5. The summed E-state index contributed by atoms with van der Waals surface area (Å²) in [6.45, 7) is 3.83. The van der Waals surface area contributed by atoms with Gasteiger partial charge in [-0.05, 0) is 6.07 Å². The van der Waals surface area contributed by atoms with Gasteiger partial charge in [0, 0.05) is 24.7 Å². The largest absolute Gasteiger partial charge is 0.379 e. The van der Waals surface area contributed by atoms with Crippen LogP contribution in [0.5, 0.6) is 0 Å². The lowest BCUT2D eigenvalue weighted by Gasteiger charge is -2.10. The topological polar surface area (TPSA) is 47.0 Å². The summed E-state index contributed by atoms with van der Waals surface area (Å²) in [5, 5.41) is 4.25. The fourth-order valence-corrected chi connectivity index (χ4v) is 1.44. The monoisotopic (exact) mass is 217 g/mol. The van der Waals surface area contributed by atoms with E-state index in [4.69, 9.17) is 4.74 Å². The number of nitrogens with one attached hydrogen (secondary N) is 1. The molecule has 0 bridgehead atoms. The van der Waals surface area contributed by atoms with Crippen molar-refractivity contribution in [3.05, 3.63) is 36.8 Å². The summed E-state index contributed by atoms with van der Waals surface area (Å²) in [6.07, 6.45) is 3.37. The Morgan fingerprint density at radius 1 is 1.12 bits per heavy atom. The summed E-state index contributed by atoms with van der Waals surface area (Å²) < 4.78 is 5.01. The molecule has 1 saturated heterocycles. The molecule has 1 aromatic heterocycles. The summed E-state index contributed by atoms with van der Waals surface area (Å²) in [7, 11) is 0. The van der Waals surface area contributed by atoms with Crippen molar-refractivity contribution < 1.29 is 4.74 Å². The summed E-state index contributed by atoms with van der Waals surface area (Å²) in [5.41, 5.74) is 0.998. The third-order valence-corrected chi connectivity index (χ3v) is 2.26. The highest BCUT2D eigenvalue weighted by Gasteiger charge is 1.93. The third kappa shape index (κ3) is 3.25. The molecule has 2 heterocycles. The van der Waals surface area contributed by atoms with Gasteiger partial charge in [-0.25, -0.2) is 9.97 Å². The molecule has 1 aromatic carbocycles. The van der Waals surface area contributed by atoms with Crippen LogP contribution >= 0.6 is 0 Å². The molecule has 0 spiro atoms. The van der Waals surface area contributed by atoms with Crippen LogP contribution < -0.4 is 5.32 Å². The lowest BCUT2D eigenvalue weighted by molar-refractivity contribution is 0.109. The van der Waals surface area contributed by atoms with Crippen LogP contribution in [0.4, 0.5) is 0 Å². The Kier molecular flexibility index (Phi) is 4.22. The SMILES string of the molecule is C1COCCN1.c1ccc2ncncc2c1. The Labute approximate surface area is 94.7 Å². The molecule has 1 fully saturated rings. The average Bonchev–Trinajstić information content (AvgIpc) is 2.42. The van der Waals surface area contributed by atoms with Gasteiger partial charge in [0.1, 0.15) is 6.33 Å². The van der Waals surface area contributed by atoms with Crippen molar-refractivity contribution in [2.24, 2.45) is 0 Å². The molecule has 1 N–H and O–H groups in total. The number of hydrogen-bond acceptors (Lipinski definition) is 4. The molecule has 4 nitrogen and oxygen atoms in total. The number of benzene rings is 1. The van der Waals surface area contributed by atoms with Gasteiger partial charge in [-0.1, -0.05) is 18.2 Å². The average molecular weight is 217 g/mol. The van der Waals surface area contributed by atoms with E-state index in [2.05, 4.69) is 15.3 Å². The van der Waals surface area contributed by atoms with Crippen LogP contribution in [-0.2, 0) is 4.74 Å². The molecule has 84 valence electrons. The number of fused-ring (bicyclic) bond motifs is 1. The van der Waals surface area contributed by atoms with Crippen LogP contribution in [0, 0.1) is 0 Å². The third-order valence-electron chi connectivity index (χ3n) is 2.26. The minimum Gasteiger partial charge on any atom is -0.379 e. The van der Waals surface area contributed by atoms with Gasteiger partial charge in [-0.15, -0.1) is 0 Å². The van der Waals surface area contributed by atoms with E-state index in [0.717, 1.165) is 37.2 Å². The molecule has 4 heteroatoms. The van der Waals surface area contributed by atoms with Crippen molar-refractivity contribution >= 4 is 10.9 Å². The Morgan fingerprint density at radius 2 is 1.94 bits per heavy atom. The lowest BCUT2D eigenvalue weighted by Crippen LogP contribution is -2.30. The number of hydrogen-bond donors (Lipinski definition) is 1. The number of nitrogens with zero attached hydrogens (tertiary/aromatic N) is 2.